The van der Waals surface area contributed by atoms with Crippen LogP contribution in [0.5, 0.6) is 0 Å². The van der Waals surface area contributed by atoms with Gasteiger partial charge >= 0.3 is 0 Å². The minimum Gasteiger partial charge on any atom is -0.390 e. The molecule has 11 nitrogen and oxygen atoms in total. The van der Waals surface area contributed by atoms with Gasteiger partial charge in [-0.05, 0) is 32.9 Å². The lowest BCUT2D eigenvalue weighted by atomic mass is 10.1. The van der Waals surface area contributed by atoms with E-state index in [1.807, 2.05) is 0 Å². The van der Waals surface area contributed by atoms with Crippen molar-refractivity contribution < 1.29 is 24.2 Å². The van der Waals surface area contributed by atoms with Crippen molar-refractivity contribution in [3.8, 4) is 0 Å². The second-order valence-corrected chi connectivity index (χ2v) is 8.73. The van der Waals surface area contributed by atoms with E-state index < -0.39 is 35.9 Å². The molecule has 2 fully saturated rings. The van der Waals surface area contributed by atoms with Gasteiger partial charge in [0.05, 0.1) is 23.3 Å². The van der Waals surface area contributed by atoms with Gasteiger partial charge in [0, 0.05) is 6.42 Å². The molecule has 3 aromatic rings. The molecule has 2 aliphatic heterocycles. The molecule has 4 heterocycles. The third-order valence-corrected chi connectivity index (χ3v) is 6.14. The molecule has 164 valence electrons. The van der Waals surface area contributed by atoms with Crippen LogP contribution in [0.2, 0.25) is 0 Å². The topological polar surface area (TPSA) is 133 Å². The summed E-state index contributed by atoms with van der Waals surface area (Å²) in [7, 11) is 0. The van der Waals surface area contributed by atoms with Crippen molar-refractivity contribution in [2.24, 2.45) is 0 Å². The largest absolute Gasteiger partial charge is 0.390 e. The third kappa shape index (κ3) is 2.58. The Balaban J connectivity index is 1.46. The SMILES string of the molecule is Cc1nc(N2C(=O)c3ccccc3C2=O)c2nnn([C@@H]3C[C@H](O)[C@H]4OC(C)(C)O[C@H]43)c2n1. The molecule has 3 aliphatic rings. The molecule has 1 aromatic carbocycles. The highest BCUT2D eigenvalue weighted by atomic mass is 16.8. The van der Waals surface area contributed by atoms with Gasteiger partial charge in [-0.15, -0.1) is 5.10 Å². The van der Waals surface area contributed by atoms with Gasteiger partial charge < -0.3 is 14.6 Å². The minimum absolute atomic E-state index is 0.0870. The predicted molar refractivity (Wildman–Crippen MR) is 109 cm³/mol. The van der Waals surface area contributed by atoms with Crippen LogP contribution in [0.25, 0.3) is 11.2 Å². The van der Waals surface area contributed by atoms with E-state index in [4.69, 9.17) is 9.47 Å². The quantitative estimate of drug-likeness (QED) is 0.588. The molecule has 0 spiro atoms. The van der Waals surface area contributed by atoms with Crippen molar-refractivity contribution in [2.45, 2.75) is 57.3 Å². The maximum atomic E-state index is 13.0. The molecule has 1 aliphatic carbocycles. The number of aryl methyl sites for hydroxylation is 1. The van der Waals surface area contributed by atoms with Gasteiger partial charge in [0.2, 0.25) is 0 Å². The molecule has 1 N–H and O–H groups in total. The predicted octanol–water partition coefficient (Wildman–Crippen LogP) is 1.16. The first-order valence-corrected chi connectivity index (χ1v) is 10.4. The molecular formula is C21H20N6O5. The Labute approximate surface area is 182 Å². The maximum Gasteiger partial charge on any atom is 0.267 e. The number of imide groups is 1. The summed E-state index contributed by atoms with van der Waals surface area (Å²) in [6.45, 7) is 5.26. The van der Waals surface area contributed by atoms with Gasteiger partial charge in [-0.1, -0.05) is 17.3 Å². The molecule has 2 amide bonds. The Bertz CT molecular complexity index is 1270. The van der Waals surface area contributed by atoms with Crippen molar-refractivity contribution >= 4 is 28.8 Å². The zero-order valence-corrected chi connectivity index (χ0v) is 17.6. The Hall–Kier alpha value is -3.28. The van der Waals surface area contributed by atoms with Crippen LogP contribution in [0.3, 0.4) is 0 Å². The molecule has 4 atom stereocenters. The van der Waals surface area contributed by atoms with E-state index in [1.54, 1.807) is 49.7 Å². The molecule has 1 saturated carbocycles. The van der Waals surface area contributed by atoms with Crippen LogP contribution < -0.4 is 4.90 Å². The summed E-state index contributed by atoms with van der Waals surface area (Å²) < 4.78 is 13.5. The molecular weight excluding hydrogens is 416 g/mol. The highest BCUT2D eigenvalue weighted by Crippen LogP contribution is 2.44. The van der Waals surface area contributed by atoms with E-state index in [-0.39, 0.29) is 17.4 Å². The van der Waals surface area contributed by atoms with Crippen LogP contribution in [0.4, 0.5) is 5.82 Å². The number of aromatic nitrogens is 5. The van der Waals surface area contributed by atoms with Crippen LogP contribution in [-0.4, -0.2) is 66.0 Å². The number of nitrogens with zero attached hydrogens (tertiary/aromatic N) is 6. The fourth-order valence-corrected chi connectivity index (χ4v) is 4.85. The second kappa shape index (κ2) is 6.37. The number of aliphatic hydroxyl groups excluding tert-OH is 1. The van der Waals surface area contributed by atoms with Gasteiger partial charge in [0.1, 0.15) is 18.0 Å². The van der Waals surface area contributed by atoms with E-state index in [9.17, 15) is 14.7 Å². The van der Waals surface area contributed by atoms with E-state index >= 15 is 0 Å². The van der Waals surface area contributed by atoms with Crippen LogP contribution >= 0.6 is 0 Å². The summed E-state index contributed by atoms with van der Waals surface area (Å²) in [5.41, 5.74) is 1.21. The highest BCUT2D eigenvalue weighted by Gasteiger charge is 2.55. The smallest absolute Gasteiger partial charge is 0.267 e. The summed E-state index contributed by atoms with van der Waals surface area (Å²) in [5.74, 6) is -1.33. The number of hydrogen-bond acceptors (Lipinski definition) is 9. The Morgan fingerprint density at radius 3 is 2.41 bits per heavy atom. The minimum atomic E-state index is -0.832. The normalized spacial score (nSPS) is 28.6. The Morgan fingerprint density at radius 2 is 1.72 bits per heavy atom. The number of carbonyl (C=O) groups is 2. The summed E-state index contributed by atoms with van der Waals surface area (Å²) in [5, 5.41) is 19.0. The summed E-state index contributed by atoms with van der Waals surface area (Å²) in [4.78, 5) is 35.9. The maximum absolute atomic E-state index is 13.0. The first kappa shape index (κ1) is 19.4. The average molecular weight is 436 g/mol. The number of rotatable bonds is 2. The standard InChI is InChI=1S/C21H20N6O5/c1-9-22-17(26-19(29)10-6-4-5-7-11(10)20(26)30)14-18(23-9)27(25-24-14)12-8-13(28)16-15(12)31-21(2,3)32-16/h4-7,12-13,15-16,28H,8H2,1-3H3/t12-,13+,15+,16-/m1/s1. The second-order valence-electron chi connectivity index (χ2n) is 8.73. The number of anilines is 1. The van der Waals surface area contributed by atoms with Crippen molar-refractivity contribution in [1.82, 2.24) is 25.0 Å². The number of fused-ring (bicyclic) bond motifs is 3. The fourth-order valence-electron chi connectivity index (χ4n) is 4.85. The molecule has 6 rings (SSSR count). The summed E-state index contributed by atoms with van der Waals surface area (Å²) >= 11 is 0. The lowest BCUT2D eigenvalue weighted by molar-refractivity contribution is -0.165. The van der Waals surface area contributed by atoms with Gasteiger partial charge in [-0.25, -0.2) is 19.5 Å². The molecule has 0 bridgehead atoms. The lowest BCUT2D eigenvalue weighted by Gasteiger charge is -2.22. The summed E-state index contributed by atoms with van der Waals surface area (Å²) in [6, 6.07) is 6.24. The lowest BCUT2D eigenvalue weighted by Crippen LogP contribution is -2.31. The summed E-state index contributed by atoms with van der Waals surface area (Å²) in [6.07, 6.45) is -1.32. The molecule has 32 heavy (non-hydrogen) atoms. The van der Waals surface area contributed by atoms with Crippen LogP contribution in [-0.2, 0) is 9.47 Å². The van der Waals surface area contributed by atoms with Crippen molar-refractivity contribution in [3.63, 3.8) is 0 Å². The van der Waals surface area contributed by atoms with Crippen LogP contribution in [0, 0.1) is 6.92 Å². The van der Waals surface area contributed by atoms with Crippen molar-refractivity contribution in [1.29, 1.82) is 0 Å². The Morgan fingerprint density at radius 1 is 1.06 bits per heavy atom. The number of carbonyl (C=O) groups excluding carboxylic acids is 2. The molecule has 0 unspecified atom stereocenters. The number of ether oxygens (including phenoxy) is 2. The van der Waals surface area contributed by atoms with Crippen LogP contribution in [0.15, 0.2) is 24.3 Å². The van der Waals surface area contributed by atoms with Gasteiger partial charge in [-0.3, -0.25) is 9.59 Å². The van der Waals surface area contributed by atoms with Crippen molar-refractivity contribution in [3.05, 3.63) is 41.2 Å². The van der Waals surface area contributed by atoms with E-state index in [2.05, 4.69) is 20.3 Å². The van der Waals surface area contributed by atoms with Crippen LogP contribution in [0.1, 0.15) is 52.9 Å². The van der Waals surface area contributed by atoms with Gasteiger partial charge in [-0.2, -0.15) is 0 Å². The first-order valence-electron chi connectivity index (χ1n) is 10.4. The number of amides is 2. The average Bonchev–Trinajstić information content (AvgIpc) is 3.44. The molecule has 1 saturated heterocycles. The van der Waals surface area contributed by atoms with E-state index in [0.29, 0.717) is 29.0 Å². The van der Waals surface area contributed by atoms with Gasteiger partial charge in [0.15, 0.2) is 22.8 Å². The molecule has 11 heteroatoms. The number of hydrogen-bond donors (Lipinski definition) is 1. The van der Waals surface area contributed by atoms with E-state index in [1.165, 1.54) is 0 Å². The zero-order chi connectivity index (χ0) is 22.4. The van der Waals surface area contributed by atoms with Crippen molar-refractivity contribution in [2.75, 3.05) is 4.90 Å². The number of aliphatic hydroxyl groups is 1. The number of benzene rings is 1. The highest BCUT2D eigenvalue weighted by molar-refractivity contribution is 6.35. The fraction of sp³-hybridized carbons (Fsp3) is 0.429. The Kier molecular flexibility index (Phi) is 3.87. The zero-order valence-electron chi connectivity index (χ0n) is 17.6. The molecule has 0 radical (unpaired) electrons. The third-order valence-electron chi connectivity index (χ3n) is 6.14. The van der Waals surface area contributed by atoms with E-state index in [0.717, 1.165) is 4.90 Å². The monoisotopic (exact) mass is 436 g/mol. The first-order chi connectivity index (χ1) is 15.2. The molecule has 2 aromatic heterocycles. The van der Waals surface area contributed by atoms with Gasteiger partial charge in [0.25, 0.3) is 11.8 Å².